The summed E-state index contributed by atoms with van der Waals surface area (Å²) in [6, 6.07) is 7.38. The molecule has 0 amide bonds. The Kier molecular flexibility index (Phi) is 11.1. The van der Waals surface area contributed by atoms with E-state index in [1.165, 1.54) is 0 Å². The molecule has 29 heavy (non-hydrogen) atoms. The van der Waals surface area contributed by atoms with Crippen LogP contribution < -0.4 is 20.1 Å². The van der Waals surface area contributed by atoms with Crippen molar-refractivity contribution in [2.75, 3.05) is 33.9 Å². The molecule has 162 valence electrons. The smallest absolute Gasteiger partial charge is 0.434 e. The van der Waals surface area contributed by atoms with Gasteiger partial charge in [-0.05, 0) is 18.6 Å². The van der Waals surface area contributed by atoms with Crippen LogP contribution in [0.15, 0.2) is 34.6 Å². The van der Waals surface area contributed by atoms with E-state index in [9.17, 15) is 13.2 Å². The van der Waals surface area contributed by atoms with Gasteiger partial charge in [0.2, 0.25) is 0 Å². The van der Waals surface area contributed by atoms with Crippen molar-refractivity contribution in [3.63, 3.8) is 0 Å². The number of rotatable bonds is 9. The van der Waals surface area contributed by atoms with Crippen molar-refractivity contribution < 1.29 is 22.6 Å². The van der Waals surface area contributed by atoms with Gasteiger partial charge in [-0.1, -0.05) is 6.07 Å². The molecule has 2 N–H and O–H groups in total. The average Bonchev–Trinajstić information content (AvgIpc) is 3.16. The van der Waals surface area contributed by atoms with Crippen LogP contribution in [0.25, 0.3) is 0 Å². The quantitative estimate of drug-likeness (QED) is 0.217. The summed E-state index contributed by atoms with van der Waals surface area (Å²) in [7, 11) is 3.23. The number of benzene rings is 1. The molecule has 0 atom stereocenters. The van der Waals surface area contributed by atoms with Crippen LogP contribution in [-0.2, 0) is 12.6 Å². The Morgan fingerprint density at radius 3 is 2.59 bits per heavy atom. The van der Waals surface area contributed by atoms with Gasteiger partial charge in [0.25, 0.3) is 0 Å². The third-order valence-corrected chi connectivity index (χ3v) is 4.53. The zero-order valence-electron chi connectivity index (χ0n) is 16.1. The number of ether oxygens (including phenoxy) is 2. The second-order valence-corrected chi connectivity index (χ2v) is 6.62. The number of nitrogens with one attached hydrogen (secondary N) is 2. The highest BCUT2D eigenvalue weighted by Gasteiger charge is 2.33. The zero-order valence-corrected chi connectivity index (χ0v) is 19.2. The summed E-state index contributed by atoms with van der Waals surface area (Å²) >= 11 is 1.00. The third-order valence-electron chi connectivity index (χ3n) is 3.62. The van der Waals surface area contributed by atoms with E-state index in [4.69, 9.17) is 9.47 Å². The van der Waals surface area contributed by atoms with Gasteiger partial charge in [0, 0.05) is 38.0 Å². The minimum atomic E-state index is -4.40. The maximum absolute atomic E-state index is 12.5. The number of guanidine groups is 1. The van der Waals surface area contributed by atoms with Crippen molar-refractivity contribution >= 4 is 41.3 Å². The topological polar surface area (TPSA) is 67.8 Å². The van der Waals surface area contributed by atoms with Crippen molar-refractivity contribution in [1.29, 1.82) is 0 Å². The van der Waals surface area contributed by atoms with Crippen LogP contribution in [0.3, 0.4) is 0 Å². The van der Waals surface area contributed by atoms with Crippen LogP contribution >= 0.6 is 35.3 Å². The molecule has 0 radical (unpaired) electrons. The first-order chi connectivity index (χ1) is 13.4. The van der Waals surface area contributed by atoms with E-state index in [2.05, 4.69) is 20.6 Å². The lowest BCUT2D eigenvalue weighted by Gasteiger charge is -2.12. The van der Waals surface area contributed by atoms with E-state index in [0.29, 0.717) is 37.1 Å². The van der Waals surface area contributed by atoms with Crippen LogP contribution in [0.1, 0.15) is 17.1 Å². The standard InChI is InChI=1S/C18H23F3N4O2S.HI/c1-22-17(24-9-7-16-25-15(12-28-16)18(19,20)21)23-8-4-10-27-14-6-3-5-13(11-14)26-2;/h3,5-6,11-12H,4,7-10H2,1-2H3,(H2,22,23,24);1H. The van der Waals surface area contributed by atoms with Gasteiger partial charge in [0.1, 0.15) is 11.5 Å². The van der Waals surface area contributed by atoms with E-state index >= 15 is 0 Å². The molecule has 0 spiro atoms. The normalized spacial score (nSPS) is 11.6. The largest absolute Gasteiger partial charge is 0.497 e. The molecule has 0 aliphatic carbocycles. The average molecular weight is 544 g/mol. The Hall–Kier alpha value is -1.76. The molecule has 0 fully saturated rings. The number of aromatic nitrogens is 1. The number of alkyl halides is 3. The van der Waals surface area contributed by atoms with Crippen LogP contribution in [0.5, 0.6) is 11.5 Å². The Balaban J connectivity index is 0.00000420. The molecule has 0 aliphatic rings. The van der Waals surface area contributed by atoms with Gasteiger partial charge in [0.15, 0.2) is 11.7 Å². The van der Waals surface area contributed by atoms with Crippen LogP contribution in [0.4, 0.5) is 13.2 Å². The van der Waals surface area contributed by atoms with Gasteiger partial charge in [-0.2, -0.15) is 13.2 Å². The van der Waals surface area contributed by atoms with E-state index < -0.39 is 11.9 Å². The molecule has 6 nitrogen and oxygen atoms in total. The SMILES string of the molecule is CN=C(NCCCOc1cccc(OC)c1)NCCc1nc(C(F)(F)F)cs1.I. The number of thiazole rings is 1. The van der Waals surface area contributed by atoms with Gasteiger partial charge < -0.3 is 20.1 Å². The van der Waals surface area contributed by atoms with Gasteiger partial charge in [0.05, 0.1) is 18.7 Å². The summed E-state index contributed by atoms with van der Waals surface area (Å²) in [5, 5.41) is 7.65. The predicted molar refractivity (Wildman–Crippen MR) is 119 cm³/mol. The fourth-order valence-corrected chi connectivity index (χ4v) is 3.03. The van der Waals surface area contributed by atoms with Gasteiger partial charge in [-0.15, -0.1) is 35.3 Å². The summed E-state index contributed by atoms with van der Waals surface area (Å²) in [6.07, 6.45) is -3.26. The molecule has 0 saturated carbocycles. The van der Waals surface area contributed by atoms with Crippen molar-refractivity contribution in [1.82, 2.24) is 15.6 Å². The monoisotopic (exact) mass is 544 g/mol. The Morgan fingerprint density at radius 1 is 1.21 bits per heavy atom. The lowest BCUT2D eigenvalue weighted by atomic mass is 10.3. The molecule has 0 unspecified atom stereocenters. The number of halogens is 4. The van der Waals surface area contributed by atoms with E-state index in [1.807, 2.05) is 24.3 Å². The highest BCUT2D eigenvalue weighted by molar-refractivity contribution is 14.0. The molecular formula is C18H24F3IN4O2S. The number of hydrogen-bond donors (Lipinski definition) is 2. The van der Waals surface area contributed by atoms with Crippen molar-refractivity contribution in [2.45, 2.75) is 19.0 Å². The highest BCUT2D eigenvalue weighted by Crippen LogP contribution is 2.30. The fraction of sp³-hybridized carbons (Fsp3) is 0.444. The summed E-state index contributed by atoms with van der Waals surface area (Å²) in [5.41, 5.74) is -0.842. The summed E-state index contributed by atoms with van der Waals surface area (Å²) < 4.78 is 48.4. The lowest BCUT2D eigenvalue weighted by molar-refractivity contribution is -0.140. The van der Waals surface area contributed by atoms with E-state index in [-0.39, 0.29) is 24.0 Å². The number of nitrogens with zero attached hydrogens (tertiary/aromatic N) is 2. The Morgan fingerprint density at radius 2 is 1.93 bits per heavy atom. The second-order valence-electron chi connectivity index (χ2n) is 5.68. The molecule has 1 aromatic heterocycles. The summed E-state index contributed by atoms with van der Waals surface area (Å²) in [4.78, 5) is 7.68. The maximum Gasteiger partial charge on any atom is 0.434 e. The maximum atomic E-state index is 12.5. The molecule has 0 saturated heterocycles. The second kappa shape index (κ2) is 12.7. The highest BCUT2D eigenvalue weighted by atomic mass is 127. The predicted octanol–water partition coefficient (Wildman–Crippen LogP) is 3.97. The zero-order chi connectivity index (χ0) is 20.4. The minimum absolute atomic E-state index is 0. The first kappa shape index (κ1) is 25.3. The van der Waals surface area contributed by atoms with Crippen LogP contribution in [0.2, 0.25) is 0 Å². The summed E-state index contributed by atoms with van der Waals surface area (Å²) in [6.45, 7) is 1.60. The molecule has 0 aliphatic heterocycles. The lowest BCUT2D eigenvalue weighted by Crippen LogP contribution is -2.39. The molecular weight excluding hydrogens is 520 g/mol. The molecule has 2 aromatic rings. The van der Waals surface area contributed by atoms with Crippen LogP contribution in [-0.4, -0.2) is 44.8 Å². The first-order valence-electron chi connectivity index (χ1n) is 8.65. The van der Waals surface area contributed by atoms with Crippen molar-refractivity contribution in [3.8, 4) is 11.5 Å². The number of aliphatic imine (C=N–C) groups is 1. The molecule has 1 aromatic carbocycles. The van der Waals surface area contributed by atoms with Crippen molar-refractivity contribution in [3.05, 3.63) is 40.3 Å². The molecule has 2 rings (SSSR count). The van der Waals surface area contributed by atoms with Crippen LogP contribution in [0, 0.1) is 0 Å². The number of hydrogen-bond acceptors (Lipinski definition) is 5. The number of methoxy groups -OCH3 is 1. The molecule has 11 heteroatoms. The van der Waals surface area contributed by atoms with Gasteiger partial charge >= 0.3 is 6.18 Å². The van der Waals surface area contributed by atoms with E-state index in [1.54, 1.807) is 14.2 Å². The minimum Gasteiger partial charge on any atom is -0.497 e. The Bertz CT molecular complexity index is 772. The van der Waals surface area contributed by atoms with Gasteiger partial charge in [-0.3, -0.25) is 4.99 Å². The summed E-state index contributed by atoms with van der Waals surface area (Å²) in [5.74, 6) is 2.06. The Labute approximate surface area is 188 Å². The fourth-order valence-electron chi connectivity index (χ4n) is 2.22. The molecule has 1 heterocycles. The first-order valence-corrected chi connectivity index (χ1v) is 9.53. The third kappa shape index (κ3) is 9.07. The van der Waals surface area contributed by atoms with Gasteiger partial charge in [-0.25, -0.2) is 4.98 Å². The van der Waals surface area contributed by atoms with E-state index in [0.717, 1.165) is 34.6 Å². The molecule has 0 bridgehead atoms. The van der Waals surface area contributed by atoms with Crippen molar-refractivity contribution in [2.24, 2.45) is 4.99 Å².